The lowest BCUT2D eigenvalue weighted by Gasteiger charge is -2.21. The van der Waals surface area contributed by atoms with E-state index in [2.05, 4.69) is 23.3 Å². The maximum atomic E-state index is 12.0. The summed E-state index contributed by atoms with van der Waals surface area (Å²) in [5.41, 5.74) is 10.4. The Morgan fingerprint density at radius 2 is 1.67 bits per heavy atom. The van der Waals surface area contributed by atoms with E-state index in [1.165, 1.54) is 6.92 Å². The molecule has 0 bridgehead atoms. The second kappa shape index (κ2) is 9.19. The zero-order valence-corrected chi connectivity index (χ0v) is 12.4. The molecule has 0 aromatic rings. The minimum absolute atomic E-state index is 0.0199. The van der Waals surface area contributed by atoms with Crippen molar-refractivity contribution >= 4 is 36.3 Å². The number of hydrogen-bond acceptors (Lipinski definition) is 6. The van der Waals surface area contributed by atoms with Crippen molar-refractivity contribution in [3.8, 4) is 0 Å². The van der Waals surface area contributed by atoms with Gasteiger partial charge in [0.05, 0.1) is 6.04 Å². The number of carboxylic acid groups (broad SMARTS) is 1. The van der Waals surface area contributed by atoms with Gasteiger partial charge in [-0.3, -0.25) is 19.2 Å². The molecular formula is C11H20N4O5S. The van der Waals surface area contributed by atoms with Crippen LogP contribution in [0.15, 0.2) is 0 Å². The molecule has 0 saturated carbocycles. The summed E-state index contributed by atoms with van der Waals surface area (Å²) in [7, 11) is 0. The number of carboxylic acids is 1. The van der Waals surface area contributed by atoms with Crippen LogP contribution in [0.3, 0.4) is 0 Å². The Kier molecular flexibility index (Phi) is 8.39. The number of carbonyl (C=O) groups excluding carboxylic acids is 3. The quantitative estimate of drug-likeness (QED) is 0.259. The highest BCUT2D eigenvalue weighted by molar-refractivity contribution is 7.80. The molecule has 3 unspecified atom stereocenters. The first-order valence-electron chi connectivity index (χ1n) is 6.17. The van der Waals surface area contributed by atoms with Crippen LogP contribution in [-0.2, 0) is 19.2 Å². The van der Waals surface area contributed by atoms with Crippen molar-refractivity contribution in [1.29, 1.82) is 0 Å². The number of rotatable bonds is 9. The van der Waals surface area contributed by atoms with Crippen molar-refractivity contribution in [2.24, 2.45) is 11.5 Å². The van der Waals surface area contributed by atoms with Gasteiger partial charge in [-0.1, -0.05) is 0 Å². The van der Waals surface area contributed by atoms with Gasteiger partial charge in [-0.25, -0.2) is 0 Å². The highest BCUT2D eigenvalue weighted by atomic mass is 32.1. The number of aliphatic carboxylic acids is 1. The summed E-state index contributed by atoms with van der Waals surface area (Å²) in [4.78, 5) is 45.1. The molecule has 0 fully saturated rings. The third kappa shape index (κ3) is 7.51. The van der Waals surface area contributed by atoms with Crippen LogP contribution in [0.5, 0.6) is 0 Å². The Labute approximate surface area is 127 Å². The summed E-state index contributed by atoms with van der Waals surface area (Å²) in [5, 5.41) is 13.3. The van der Waals surface area contributed by atoms with Gasteiger partial charge in [-0.05, 0) is 13.3 Å². The van der Waals surface area contributed by atoms with Crippen molar-refractivity contribution in [1.82, 2.24) is 10.6 Å². The summed E-state index contributed by atoms with van der Waals surface area (Å²) in [6.07, 6.45) is -0.475. The standard InChI is InChI=1S/C11H20N4O5S/c1-5(12)10(19)14-6(2-3-8(16)17)11(20)15-7(4-21)9(13)18/h5-7,21H,2-4,12H2,1H3,(H2,13,18)(H,14,19)(H,15,20)(H,16,17). The van der Waals surface area contributed by atoms with E-state index in [1.54, 1.807) is 0 Å². The van der Waals surface area contributed by atoms with Crippen molar-refractivity contribution in [2.75, 3.05) is 5.75 Å². The largest absolute Gasteiger partial charge is 0.481 e. The Bertz CT molecular complexity index is 415. The second-order valence-electron chi connectivity index (χ2n) is 4.43. The molecule has 0 rings (SSSR count). The number of amides is 3. The number of nitrogens with two attached hydrogens (primary N) is 2. The molecule has 9 nitrogen and oxygen atoms in total. The lowest BCUT2D eigenvalue weighted by Crippen LogP contribution is -2.55. The highest BCUT2D eigenvalue weighted by Gasteiger charge is 2.26. The van der Waals surface area contributed by atoms with Crippen LogP contribution in [0.25, 0.3) is 0 Å². The van der Waals surface area contributed by atoms with Crippen LogP contribution < -0.4 is 22.1 Å². The van der Waals surface area contributed by atoms with Gasteiger partial charge in [0, 0.05) is 12.2 Å². The SMILES string of the molecule is CC(N)C(=O)NC(CCC(=O)O)C(=O)NC(CS)C(N)=O. The van der Waals surface area contributed by atoms with Crippen LogP contribution in [0, 0.1) is 0 Å². The van der Waals surface area contributed by atoms with Gasteiger partial charge < -0.3 is 27.2 Å². The fraction of sp³-hybridized carbons (Fsp3) is 0.636. The smallest absolute Gasteiger partial charge is 0.303 e. The molecule has 0 saturated heterocycles. The molecule has 0 aliphatic heterocycles. The molecule has 0 heterocycles. The topological polar surface area (TPSA) is 165 Å². The molecule has 3 amide bonds. The average Bonchev–Trinajstić information content (AvgIpc) is 2.39. The molecule has 21 heavy (non-hydrogen) atoms. The van der Waals surface area contributed by atoms with Crippen molar-refractivity contribution < 1.29 is 24.3 Å². The molecule has 0 aliphatic rings. The van der Waals surface area contributed by atoms with Gasteiger partial charge in [0.1, 0.15) is 12.1 Å². The first kappa shape index (κ1) is 19.2. The summed E-state index contributed by atoms with van der Waals surface area (Å²) >= 11 is 3.87. The molecule has 0 radical (unpaired) electrons. The lowest BCUT2D eigenvalue weighted by molar-refractivity contribution is -0.138. The molecule has 3 atom stereocenters. The molecule has 10 heteroatoms. The van der Waals surface area contributed by atoms with Crippen LogP contribution >= 0.6 is 12.6 Å². The zero-order chi connectivity index (χ0) is 16.6. The minimum atomic E-state index is -1.12. The van der Waals surface area contributed by atoms with E-state index in [4.69, 9.17) is 16.6 Å². The molecule has 0 aromatic carbocycles. The van der Waals surface area contributed by atoms with E-state index in [1.807, 2.05) is 0 Å². The molecule has 0 spiro atoms. The van der Waals surface area contributed by atoms with Gasteiger partial charge in [-0.15, -0.1) is 0 Å². The van der Waals surface area contributed by atoms with Crippen LogP contribution in [0.4, 0.5) is 0 Å². The number of carbonyl (C=O) groups is 4. The third-order valence-electron chi connectivity index (χ3n) is 2.54. The predicted molar refractivity (Wildman–Crippen MR) is 77.4 cm³/mol. The molecule has 0 aromatic heterocycles. The number of thiol groups is 1. The van der Waals surface area contributed by atoms with E-state index < -0.39 is 41.8 Å². The van der Waals surface area contributed by atoms with Crippen molar-refractivity contribution in [3.63, 3.8) is 0 Å². The highest BCUT2D eigenvalue weighted by Crippen LogP contribution is 2.00. The van der Waals surface area contributed by atoms with Crippen molar-refractivity contribution in [3.05, 3.63) is 0 Å². The Balaban J connectivity index is 4.83. The molecule has 7 N–H and O–H groups in total. The molecule has 120 valence electrons. The normalized spacial score (nSPS) is 14.6. The number of hydrogen-bond donors (Lipinski definition) is 6. The van der Waals surface area contributed by atoms with Crippen LogP contribution in [0.2, 0.25) is 0 Å². The van der Waals surface area contributed by atoms with E-state index in [9.17, 15) is 19.2 Å². The molecule has 0 aliphatic carbocycles. The Morgan fingerprint density at radius 3 is 2.05 bits per heavy atom. The number of nitrogens with one attached hydrogen (secondary N) is 2. The van der Waals surface area contributed by atoms with Gasteiger partial charge >= 0.3 is 5.97 Å². The van der Waals surface area contributed by atoms with E-state index >= 15 is 0 Å². The summed E-state index contributed by atoms with van der Waals surface area (Å²) < 4.78 is 0. The van der Waals surface area contributed by atoms with E-state index in [0.717, 1.165) is 0 Å². The first-order valence-corrected chi connectivity index (χ1v) is 6.80. The van der Waals surface area contributed by atoms with Gasteiger partial charge in [0.25, 0.3) is 0 Å². The minimum Gasteiger partial charge on any atom is -0.481 e. The van der Waals surface area contributed by atoms with Gasteiger partial charge in [0.15, 0.2) is 0 Å². The molecular weight excluding hydrogens is 300 g/mol. The third-order valence-corrected chi connectivity index (χ3v) is 2.90. The first-order chi connectivity index (χ1) is 9.68. The Morgan fingerprint density at radius 1 is 1.14 bits per heavy atom. The average molecular weight is 320 g/mol. The van der Waals surface area contributed by atoms with E-state index in [0.29, 0.717) is 0 Å². The Hall–Kier alpha value is -1.81. The summed E-state index contributed by atoms with van der Waals surface area (Å²) in [6, 6.07) is -3.00. The fourth-order valence-corrected chi connectivity index (χ4v) is 1.59. The fourth-order valence-electron chi connectivity index (χ4n) is 1.32. The van der Waals surface area contributed by atoms with Crippen LogP contribution in [-0.4, -0.2) is 52.7 Å². The number of primary amides is 1. The maximum Gasteiger partial charge on any atom is 0.303 e. The summed E-state index contributed by atoms with van der Waals surface area (Å²) in [5.74, 6) is -3.25. The van der Waals surface area contributed by atoms with Gasteiger partial charge in [0.2, 0.25) is 17.7 Å². The summed E-state index contributed by atoms with van der Waals surface area (Å²) in [6.45, 7) is 1.42. The second-order valence-corrected chi connectivity index (χ2v) is 4.79. The monoisotopic (exact) mass is 320 g/mol. The van der Waals surface area contributed by atoms with Crippen molar-refractivity contribution in [2.45, 2.75) is 37.9 Å². The zero-order valence-electron chi connectivity index (χ0n) is 11.5. The lowest BCUT2D eigenvalue weighted by atomic mass is 10.1. The van der Waals surface area contributed by atoms with E-state index in [-0.39, 0.29) is 18.6 Å². The van der Waals surface area contributed by atoms with Gasteiger partial charge in [-0.2, -0.15) is 12.6 Å². The van der Waals surface area contributed by atoms with Crippen LogP contribution in [0.1, 0.15) is 19.8 Å². The maximum absolute atomic E-state index is 12.0. The predicted octanol–water partition coefficient (Wildman–Crippen LogP) is -2.42.